The van der Waals surface area contributed by atoms with Crippen LogP contribution in [0.1, 0.15) is 23.6 Å². The lowest BCUT2D eigenvalue weighted by atomic mass is 10.0. The van der Waals surface area contributed by atoms with Crippen molar-refractivity contribution in [1.29, 1.82) is 0 Å². The maximum absolute atomic E-state index is 12.0. The Kier molecular flexibility index (Phi) is 8.71. The normalized spacial score (nSPS) is 12.8. The molecule has 0 bridgehead atoms. The molecule has 0 radical (unpaired) electrons. The van der Waals surface area contributed by atoms with Crippen molar-refractivity contribution in [2.24, 2.45) is 20.5 Å². The maximum Gasteiger partial charge on any atom is 0.360 e. The number of oxime groups is 2. The number of rotatable bonds is 8. The molecule has 9 heteroatoms. The van der Waals surface area contributed by atoms with Crippen molar-refractivity contribution in [3.63, 3.8) is 0 Å². The van der Waals surface area contributed by atoms with Gasteiger partial charge in [0.15, 0.2) is 5.71 Å². The monoisotopic (exact) mass is 428 g/mol. The van der Waals surface area contributed by atoms with E-state index >= 15 is 0 Å². The van der Waals surface area contributed by atoms with Crippen molar-refractivity contribution in [2.45, 2.75) is 6.92 Å². The molecule has 0 aliphatic heterocycles. The highest BCUT2D eigenvalue weighted by atomic mass is 35.5. The lowest BCUT2D eigenvalue weighted by Gasteiger charge is -2.07. The molecule has 0 aromatic heterocycles. The summed E-state index contributed by atoms with van der Waals surface area (Å²) in [6, 6.07) is 14.1. The molecule has 30 heavy (non-hydrogen) atoms. The fourth-order valence-electron chi connectivity index (χ4n) is 2.46. The van der Waals surface area contributed by atoms with Crippen molar-refractivity contribution in [1.82, 2.24) is 0 Å². The number of hydrogen-bond donors (Lipinski definition) is 0. The van der Waals surface area contributed by atoms with Crippen LogP contribution in [0.2, 0.25) is 5.02 Å². The molecular weight excluding hydrogens is 408 g/mol. The van der Waals surface area contributed by atoms with Gasteiger partial charge in [-0.15, -0.1) is 0 Å². The van der Waals surface area contributed by atoms with Gasteiger partial charge in [-0.25, -0.2) is 4.79 Å². The van der Waals surface area contributed by atoms with Crippen LogP contribution in [0.25, 0.3) is 0 Å². The zero-order valence-corrected chi connectivity index (χ0v) is 17.8. The van der Waals surface area contributed by atoms with Gasteiger partial charge in [0.25, 0.3) is 0 Å². The van der Waals surface area contributed by atoms with E-state index in [-0.39, 0.29) is 5.71 Å². The van der Waals surface area contributed by atoms with E-state index in [0.717, 1.165) is 5.56 Å². The average Bonchev–Trinajstić information content (AvgIpc) is 2.76. The number of methoxy groups -OCH3 is 1. The van der Waals surface area contributed by atoms with Crippen LogP contribution in [0.4, 0.5) is 0 Å². The molecule has 2 aromatic rings. The molecule has 0 heterocycles. The molecule has 0 aliphatic rings. The van der Waals surface area contributed by atoms with Crippen LogP contribution in [0.15, 0.2) is 69.0 Å². The summed E-state index contributed by atoms with van der Waals surface area (Å²) in [6.07, 6.45) is 1.50. The van der Waals surface area contributed by atoms with Gasteiger partial charge in [0.05, 0.1) is 19.0 Å². The Balaban J connectivity index is 2.36. The lowest BCUT2D eigenvalue weighted by molar-refractivity contribution is -0.132. The van der Waals surface area contributed by atoms with E-state index in [2.05, 4.69) is 20.5 Å². The summed E-state index contributed by atoms with van der Waals surface area (Å²) in [4.78, 5) is 21.7. The highest BCUT2D eigenvalue weighted by Gasteiger charge is 2.18. The number of carbonyl (C=O) groups excluding carboxylic acids is 1. The molecular formula is C21H21ClN4O4. The Morgan fingerprint density at radius 1 is 0.933 bits per heavy atom. The quantitative estimate of drug-likeness (QED) is 0.364. The SMILES string of the molecule is CO\N=C(/C(C)=N/N=C/c1ccccc1/C(=N/OC)C(=O)OC)c1ccc(Cl)cc1. The van der Waals surface area contributed by atoms with Gasteiger partial charge in [0, 0.05) is 21.7 Å². The topological polar surface area (TPSA) is 94.2 Å². The van der Waals surface area contributed by atoms with E-state index < -0.39 is 5.97 Å². The van der Waals surface area contributed by atoms with Crippen LogP contribution in [-0.4, -0.2) is 50.6 Å². The molecule has 0 saturated carbocycles. The highest BCUT2D eigenvalue weighted by molar-refractivity contribution is 6.47. The molecule has 0 fully saturated rings. The molecule has 0 saturated heterocycles. The first-order chi connectivity index (χ1) is 14.5. The first-order valence-electron chi connectivity index (χ1n) is 8.75. The van der Waals surface area contributed by atoms with Gasteiger partial charge < -0.3 is 14.4 Å². The van der Waals surface area contributed by atoms with Crippen molar-refractivity contribution in [3.05, 3.63) is 70.2 Å². The van der Waals surface area contributed by atoms with Crippen LogP contribution < -0.4 is 0 Å². The minimum absolute atomic E-state index is 0.0190. The summed E-state index contributed by atoms with van der Waals surface area (Å²) in [5, 5.41) is 16.7. The van der Waals surface area contributed by atoms with E-state index in [0.29, 0.717) is 27.6 Å². The molecule has 2 aromatic carbocycles. The van der Waals surface area contributed by atoms with Gasteiger partial charge >= 0.3 is 5.97 Å². The van der Waals surface area contributed by atoms with E-state index in [1.54, 1.807) is 43.3 Å². The molecule has 0 spiro atoms. The Bertz CT molecular complexity index is 998. The molecule has 0 aliphatic carbocycles. The fraction of sp³-hybridized carbons (Fsp3) is 0.190. The van der Waals surface area contributed by atoms with Gasteiger partial charge in [-0.2, -0.15) is 10.2 Å². The third-order valence-corrected chi connectivity index (χ3v) is 4.08. The average molecular weight is 429 g/mol. The number of hydrogen-bond acceptors (Lipinski definition) is 8. The van der Waals surface area contributed by atoms with E-state index in [9.17, 15) is 4.79 Å². The number of carbonyl (C=O) groups is 1. The van der Waals surface area contributed by atoms with Crippen molar-refractivity contribution >= 4 is 40.9 Å². The van der Waals surface area contributed by atoms with E-state index in [1.165, 1.54) is 27.5 Å². The maximum atomic E-state index is 12.0. The van der Waals surface area contributed by atoms with Crippen molar-refractivity contribution in [3.8, 4) is 0 Å². The molecule has 8 nitrogen and oxygen atoms in total. The molecule has 0 unspecified atom stereocenters. The van der Waals surface area contributed by atoms with Gasteiger partial charge in [-0.1, -0.05) is 58.3 Å². The summed E-state index contributed by atoms with van der Waals surface area (Å²) in [6.45, 7) is 1.75. The summed E-state index contributed by atoms with van der Waals surface area (Å²) >= 11 is 5.94. The summed E-state index contributed by atoms with van der Waals surface area (Å²) in [7, 11) is 4.07. The second-order valence-corrected chi connectivity index (χ2v) is 6.20. The zero-order chi connectivity index (χ0) is 21.9. The predicted octanol–water partition coefficient (Wildman–Crippen LogP) is 3.71. The van der Waals surface area contributed by atoms with Crippen LogP contribution in [0.3, 0.4) is 0 Å². The number of ether oxygens (including phenoxy) is 1. The molecule has 0 atom stereocenters. The van der Waals surface area contributed by atoms with Crippen molar-refractivity contribution in [2.75, 3.05) is 21.3 Å². The third-order valence-electron chi connectivity index (χ3n) is 3.82. The number of esters is 1. The Labute approximate surface area is 179 Å². The van der Waals surface area contributed by atoms with Gasteiger partial charge in [0.1, 0.15) is 19.9 Å². The van der Waals surface area contributed by atoms with Gasteiger partial charge in [-0.05, 0) is 19.1 Å². The van der Waals surface area contributed by atoms with Crippen LogP contribution in [-0.2, 0) is 19.2 Å². The Morgan fingerprint density at radius 2 is 1.57 bits per heavy atom. The smallest absolute Gasteiger partial charge is 0.360 e. The highest BCUT2D eigenvalue weighted by Crippen LogP contribution is 2.12. The molecule has 156 valence electrons. The molecule has 0 N–H and O–H groups in total. The first kappa shape index (κ1) is 22.8. The van der Waals surface area contributed by atoms with E-state index in [1.807, 2.05) is 12.1 Å². The Hall–Kier alpha value is -3.52. The summed E-state index contributed by atoms with van der Waals surface area (Å²) < 4.78 is 4.77. The van der Waals surface area contributed by atoms with Crippen LogP contribution in [0, 0.1) is 0 Å². The number of halogens is 1. The third kappa shape index (κ3) is 5.99. The lowest BCUT2D eigenvalue weighted by Crippen LogP contribution is -2.19. The number of benzene rings is 2. The zero-order valence-electron chi connectivity index (χ0n) is 17.0. The van der Waals surface area contributed by atoms with Crippen molar-refractivity contribution < 1.29 is 19.2 Å². The molecule has 2 rings (SSSR count). The fourth-order valence-corrected chi connectivity index (χ4v) is 2.59. The molecule has 0 amide bonds. The first-order valence-corrected chi connectivity index (χ1v) is 9.13. The van der Waals surface area contributed by atoms with Gasteiger partial charge in [0.2, 0.25) is 0 Å². The van der Waals surface area contributed by atoms with Crippen LogP contribution in [0.5, 0.6) is 0 Å². The standard InChI is InChI=1S/C21H21ClN4O4/c1-14(19(25-29-3)15-9-11-17(22)12-10-15)24-23-13-16-7-5-6-8-18(16)20(26-30-4)21(27)28-2/h5-13H,1-4H3/b23-13+,24-14+,25-19+,26-20-. The van der Waals surface area contributed by atoms with E-state index in [4.69, 9.17) is 26.0 Å². The summed E-state index contributed by atoms with van der Waals surface area (Å²) in [5.74, 6) is -0.630. The number of nitrogens with zero attached hydrogens (tertiary/aromatic N) is 4. The van der Waals surface area contributed by atoms with Gasteiger partial charge in [-0.3, -0.25) is 0 Å². The second kappa shape index (κ2) is 11.5. The second-order valence-electron chi connectivity index (χ2n) is 5.76. The predicted molar refractivity (Wildman–Crippen MR) is 118 cm³/mol. The van der Waals surface area contributed by atoms with Crippen LogP contribution >= 0.6 is 11.6 Å². The largest absolute Gasteiger partial charge is 0.464 e. The minimum atomic E-state index is -0.630. The summed E-state index contributed by atoms with van der Waals surface area (Å²) in [5.41, 5.74) is 2.92. The minimum Gasteiger partial charge on any atom is -0.464 e. The Morgan fingerprint density at radius 3 is 2.20 bits per heavy atom.